The Balaban J connectivity index is 1.40. The maximum absolute atomic E-state index is 13.4. The SMILES string of the molecule is COc1ccccc1N1CCN(C(=O)c2nc(-c3ccccc3)n(-c3ccc(C)cc3)n2)CC1. The van der Waals surface area contributed by atoms with Crippen molar-refractivity contribution in [3.05, 3.63) is 90.3 Å². The van der Waals surface area contributed by atoms with E-state index < -0.39 is 0 Å². The number of aromatic nitrogens is 3. The molecule has 4 aromatic rings. The van der Waals surface area contributed by atoms with Crippen LogP contribution >= 0.6 is 0 Å². The van der Waals surface area contributed by atoms with Gasteiger partial charge in [-0.05, 0) is 31.2 Å². The van der Waals surface area contributed by atoms with Crippen molar-refractivity contribution in [2.75, 3.05) is 38.2 Å². The number of carbonyl (C=O) groups excluding carboxylic acids is 1. The Bertz CT molecular complexity index is 1280. The normalized spacial score (nSPS) is 13.7. The second kappa shape index (κ2) is 9.39. The van der Waals surface area contributed by atoms with Gasteiger partial charge in [-0.25, -0.2) is 9.67 Å². The van der Waals surface area contributed by atoms with Gasteiger partial charge in [0.1, 0.15) is 5.75 Å². The number of aryl methyl sites for hydroxylation is 1. The number of nitrogens with zero attached hydrogens (tertiary/aromatic N) is 5. The van der Waals surface area contributed by atoms with E-state index in [1.54, 1.807) is 11.8 Å². The van der Waals surface area contributed by atoms with Crippen LogP contribution in [-0.2, 0) is 0 Å². The van der Waals surface area contributed by atoms with E-state index in [1.807, 2.05) is 90.7 Å². The quantitative estimate of drug-likeness (QED) is 0.453. The third kappa shape index (κ3) is 4.24. The summed E-state index contributed by atoms with van der Waals surface area (Å²) in [5, 5.41) is 4.65. The number of amides is 1. The van der Waals surface area contributed by atoms with Crippen molar-refractivity contribution < 1.29 is 9.53 Å². The van der Waals surface area contributed by atoms with E-state index in [4.69, 9.17) is 4.74 Å². The van der Waals surface area contributed by atoms with E-state index in [0.29, 0.717) is 18.9 Å². The molecule has 1 amide bonds. The molecule has 0 spiro atoms. The Kier molecular flexibility index (Phi) is 5.99. The number of ether oxygens (including phenoxy) is 1. The average molecular weight is 454 g/mol. The molecule has 7 nitrogen and oxygen atoms in total. The fourth-order valence-corrected chi connectivity index (χ4v) is 4.23. The van der Waals surface area contributed by atoms with Crippen LogP contribution in [0.5, 0.6) is 5.75 Å². The molecule has 1 aromatic heterocycles. The van der Waals surface area contributed by atoms with E-state index in [1.165, 1.54) is 0 Å². The highest BCUT2D eigenvalue weighted by Crippen LogP contribution is 2.29. The van der Waals surface area contributed by atoms with Gasteiger partial charge in [-0.15, -0.1) is 5.10 Å². The van der Waals surface area contributed by atoms with Crippen molar-refractivity contribution >= 4 is 11.6 Å². The summed E-state index contributed by atoms with van der Waals surface area (Å²) in [4.78, 5) is 22.2. The highest BCUT2D eigenvalue weighted by molar-refractivity contribution is 5.91. The summed E-state index contributed by atoms with van der Waals surface area (Å²) < 4.78 is 7.26. The molecule has 1 fully saturated rings. The second-order valence-electron chi connectivity index (χ2n) is 8.32. The number of methoxy groups -OCH3 is 1. The molecule has 0 radical (unpaired) electrons. The number of piperazine rings is 1. The standard InChI is InChI=1S/C27H27N5O2/c1-20-12-14-22(15-13-20)32-26(21-8-4-3-5-9-21)28-25(29-32)27(33)31-18-16-30(17-19-31)23-10-6-7-11-24(23)34-2/h3-15H,16-19H2,1-2H3. The van der Waals surface area contributed by atoms with Crippen molar-refractivity contribution in [2.24, 2.45) is 0 Å². The van der Waals surface area contributed by atoms with Crippen LogP contribution in [0.15, 0.2) is 78.9 Å². The first-order valence-corrected chi connectivity index (χ1v) is 11.4. The molecule has 0 unspecified atom stereocenters. The van der Waals surface area contributed by atoms with Crippen LogP contribution in [0.4, 0.5) is 5.69 Å². The lowest BCUT2D eigenvalue weighted by molar-refractivity contribution is 0.0734. The largest absolute Gasteiger partial charge is 0.495 e. The van der Waals surface area contributed by atoms with Gasteiger partial charge in [0.05, 0.1) is 18.5 Å². The molecule has 7 heteroatoms. The minimum Gasteiger partial charge on any atom is -0.495 e. The van der Waals surface area contributed by atoms with Crippen LogP contribution in [0.2, 0.25) is 0 Å². The molecule has 0 saturated carbocycles. The number of benzene rings is 3. The summed E-state index contributed by atoms with van der Waals surface area (Å²) in [6.45, 7) is 4.67. The van der Waals surface area contributed by atoms with Crippen LogP contribution in [0.3, 0.4) is 0 Å². The van der Waals surface area contributed by atoms with Gasteiger partial charge in [0.25, 0.3) is 5.91 Å². The summed E-state index contributed by atoms with van der Waals surface area (Å²) >= 11 is 0. The number of rotatable bonds is 5. The predicted molar refractivity (Wildman–Crippen MR) is 133 cm³/mol. The summed E-state index contributed by atoms with van der Waals surface area (Å²) in [5.74, 6) is 1.56. The summed E-state index contributed by atoms with van der Waals surface area (Å²) in [7, 11) is 1.68. The zero-order valence-corrected chi connectivity index (χ0v) is 19.4. The zero-order valence-electron chi connectivity index (χ0n) is 19.4. The second-order valence-corrected chi connectivity index (χ2v) is 8.32. The molecule has 0 bridgehead atoms. The van der Waals surface area contributed by atoms with Crippen molar-refractivity contribution in [3.63, 3.8) is 0 Å². The van der Waals surface area contributed by atoms with E-state index in [-0.39, 0.29) is 11.7 Å². The van der Waals surface area contributed by atoms with E-state index in [0.717, 1.165) is 41.3 Å². The van der Waals surface area contributed by atoms with Crippen LogP contribution in [0.25, 0.3) is 17.1 Å². The minimum absolute atomic E-state index is 0.150. The average Bonchev–Trinajstić information content (AvgIpc) is 3.35. The highest BCUT2D eigenvalue weighted by Gasteiger charge is 2.27. The van der Waals surface area contributed by atoms with Crippen LogP contribution < -0.4 is 9.64 Å². The van der Waals surface area contributed by atoms with Crippen molar-refractivity contribution in [1.82, 2.24) is 19.7 Å². The molecule has 1 aliphatic rings. The molecule has 34 heavy (non-hydrogen) atoms. The fraction of sp³-hybridized carbons (Fsp3) is 0.222. The van der Waals surface area contributed by atoms with Gasteiger partial charge in [-0.3, -0.25) is 4.79 Å². The van der Waals surface area contributed by atoms with Crippen molar-refractivity contribution in [3.8, 4) is 22.8 Å². The van der Waals surface area contributed by atoms with Crippen LogP contribution in [-0.4, -0.2) is 58.9 Å². The molecule has 0 N–H and O–H groups in total. The van der Waals surface area contributed by atoms with Crippen molar-refractivity contribution in [1.29, 1.82) is 0 Å². The molecular formula is C27H27N5O2. The molecule has 0 atom stereocenters. The first-order valence-electron chi connectivity index (χ1n) is 11.4. The Morgan fingerprint density at radius 2 is 1.53 bits per heavy atom. The lowest BCUT2D eigenvalue weighted by Crippen LogP contribution is -2.49. The van der Waals surface area contributed by atoms with Gasteiger partial charge in [0.15, 0.2) is 5.82 Å². The maximum Gasteiger partial charge on any atom is 0.293 e. The molecule has 5 rings (SSSR count). The third-order valence-electron chi connectivity index (χ3n) is 6.10. The molecule has 172 valence electrons. The number of carbonyl (C=O) groups is 1. The summed E-state index contributed by atoms with van der Waals surface area (Å²) in [6, 6.07) is 25.9. The lowest BCUT2D eigenvalue weighted by atomic mass is 10.2. The third-order valence-corrected chi connectivity index (χ3v) is 6.10. The fourth-order valence-electron chi connectivity index (χ4n) is 4.23. The van der Waals surface area contributed by atoms with E-state index in [2.05, 4.69) is 15.0 Å². The first-order chi connectivity index (χ1) is 16.6. The molecule has 1 saturated heterocycles. The van der Waals surface area contributed by atoms with Gasteiger partial charge < -0.3 is 14.5 Å². The topological polar surface area (TPSA) is 63.5 Å². The molecule has 1 aliphatic heterocycles. The molecule has 3 aromatic carbocycles. The minimum atomic E-state index is -0.150. The lowest BCUT2D eigenvalue weighted by Gasteiger charge is -2.36. The number of para-hydroxylation sites is 2. The Morgan fingerprint density at radius 3 is 2.24 bits per heavy atom. The van der Waals surface area contributed by atoms with Gasteiger partial charge >= 0.3 is 0 Å². The number of hydrogen-bond acceptors (Lipinski definition) is 5. The van der Waals surface area contributed by atoms with Crippen LogP contribution in [0.1, 0.15) is 16.2 Å². The smallest absolute Gasteiger partial charge is 0.293 e. The van der Waals surface area contributed by atoms with Gasteiger partial charge in [-0.1, -0.05) is 60.2 Å². The molecule has 0 aliphatic carbocycles. The maximum atomic E-state index is 13.4. The summed E-state index contributed by atoms with van der Waals surface area (Å²) in [6.07, 6.45) is 0. The van der Waals surface area contributed by atoms with E-state index >= 15 is 0 Å². The molecular weight excluding hydrogens is 426 g/mol. The molecule has 2 heterocycles. The summed E-state index contributed by atoms with van der Waals surface area (Å²) in [5.41, 5.74) is 3.99. The Hall–Kier alpha value is -4.13. The zero-order chi connectivity index (χ0) is 23.5. The predicted octanol–water partition coefficient (Wildman–Crippen LogP) is 4.21. The highest BCUT2D eigenvalue weighted by atomic mass is 16.5. The Morgan fingerprint density at radius 1 is 0.853 bits per heavy atom. The number of hydrogen-bond donors (Lipinski definition) is 0. The van der Waals surface area contributed by atoms with Crippen LogP contribution in [0, 0.1) is 6.92 Å². The monoisotopic (exact) mass is 453 g/mol. The van der Waals surface area contributed by atoms with Gasteiger partial charge in [0.2, 0.25) is 5.82 Å². The van der Waals surface area contributed by atoms with E-state index in [9.17, 15) is 4.79 Å². The van der Waals surface area contributed by atoms with Gasteiger partial charge in [0, 0.05) is 31.7 Å². The number of anilines is 1. The van der Waals surface area contributed by atoms with Crippen molar-refractivity contribution in [2.45, 2.75) is 6.92 Å². The first kappa shape index (κ1) is 21.7. The van der Waals surface area contributed by atoms with Gasteiger partial charge in [-0.2, -0.15) is 0 Å². The Labute approximate surface area is 199 Å².